The van der Waals surface area contributed by atoms with Crippen molar-refractivity contribution in [2.45, 2.75) is 117 Å². The molecule has 0 N–H and O–H groups in total. The molecule has 0 amide bonds. The molecule has 10 atom stereocenters. The van der Waals surface area contributed by atoms with E-state index in [9.17, 15) is 28.8 Å². The first kappa shape index (κ1) is 37.0. The third-order valence-corrected chi connectivity index (χ3v) is 11.1. The summed E-state index contributed by atoms with van der Waals surface area (Å²) in [5.41, 5.74) is -2.70. The number of hydrogen-bond acceptors (Lipinski definition) is 13. The van der Waals surface area contributed by atoms with Gasteiger partial charge in [0.25, 0.3) is 0 Å². The lowest BCUT2D eigenvalue weighted by Crippen LogP contribution is -2.80. The molecule has 13 nitrogen and oxygen atoms in total. The highest BCUT2D eigenvalue weighted by atomic mass is 16.6. The van der Waals surface area contributed by atoms with E-state index in [0.717, 1.165) is 0 Å². The fraction of sp³-hybridized carbons (Fsp3) is 0.622. The maximum Gasteiger partial charge on any atom is 0.338 e. The average Bonchev–Trinajstić information content (AvgIpc) is 2.99. The number of hydrogen-bond donors (Lipinski definition) is 0. The van der Waals surface area contributed by atoms with Gasteiger partial charge in [0.1, 0.15) is 24.4 Å². The average molecular weight is 699 g/mol. The minimum Gasteiger partial charge on any atom is -0.462 e. The summed E-state index contributed by atoms with van der Waals surface area (Å²) in [7, 11) is 0. The number of benzene rings is 1. The van der Waals surface area contributed by atoms with Gasteiger partial charge in [-0.3, -0.25) is 24.0 Å². The normalized spacial score (nSPS) is 35.3. The molecule has 1 heterocycles. The molecule has 2 bridgehead atoms. The predicted octanol–water partition coefficient (Wildman–Crippen LogP) is 4.04. The largest absolute Gasteiger partial charge is 0.462 e. The summed E-state index contributed by atoms with van der Waals surface area (Å²) in [5.74, 6) is -5.75. The highest BCUT2D eigenvalue weighted by molar-refractivity contribution is 5.89. The molecule has 0 aromatic heterocycles. The van der Waals surface area contributed by atoms with Crippen LogP contribution >= 0.6 is 0 Å². The standard InChI is InChI=1S/C37H46O13/c1-18-26(45-19(2)38)15-25-30(49-34(43)24-13-11-10-12-14-24)32-36(9,27(46-20(3)39)16-28-37(32,17-44-28)50-23(6)42)33(48-22(5)41)31(47-21(4)40)29(18)35(25,7)8/h10-14,25-28,30-33H,15-17H2,1-9H3/t25-,26-,27-,28-,30+,31+,32-,33-,36-,37-/m0/s1. The van der Waals surface area contributed by atoms with Crippen LogP contribution in [-0.2, 0) is 57.1 Å². The summed E-state index contributed by atoms with van der Waals surface area (Å²) in [5, 5.41) is 0. The zero-order chi connectivity index (χ0) is 36.9. The van der Waals surface area contributed by atoms with Crippen LogP contribution in [0.2, 0.25) is 0 Å². The smallest absolute Gasteiger partial charge is 0.338 e. The quantitative estimate of drug-likeness (QED) is 0.228. The van der Waals surface area contributed by atoms with E-state index in [2.05, 4.69) is 0 Å². The van der Waals surface area contributed by atoms with E-state index in [1.54, 1.807) is 44.2 Å². The number of esters is 6. The maximum absolute atomic E-state index is 14.1. The van der Waals surface area contributed by atoms with Crippen LogP contribution in [0.3, 0.4) is 0 Å². The van der Waals surface area contributed by atoms with Gasteiger partial charge in [-0.2, -0.15) is 0 Å². The molecule has 0 unspecified atom stereocenters. The Morgan fingerprint density at radius 1 is 0.740 bits per heavy atom. The van der Waals surface area contributed by atoms with E-state index in [0.29, 0.717) is 11.1 Å². The number of fused-ring (bicyclic) bond motifs is 5. The van der Waals surface area contributed by atoms with Crippen LogP contribution in [0.15, 0.2) is 41.5 Å². The number of ether oxygens (including phenoxy) is 7. The van der Waals surface area contributed by atoms with Gasteiger partial charge in [0.05, 0.1) is 23.5 Å². The van der Waals surface area contributed by atoms with Gasteiger partial charge in [-0.1, -0.05) is 39.0 Å². The molecule has 50 heavy (non-hydrogen) atoms. The minimum atomic E-state index is -1.55. The zero-order valence-electron chi connectivity index (χ0n) is 29.9. The number of carbonyl (C=O) groups is 6. The van der Waals surface area contributed by atoms with Crippen molar-refractivity contribution in [1.82, 2.24) is 0 Å². The molecule has 1 aromatic rings. The Balaban J connectivity index is 1.91. The molecule has 1 saturated heterocycles. The second-order valence-corrected chi connectivity index (χ2v) is 14.6. The Bertz CT molecular complexity index is 1600. The van der Waals surface area contributed by atoms with Crippen LogP contribution < -0.4 is 0 Å². The first-order chi connectivity index (χ1) is 23.3. The Morgan fingerprint density at radius 2 is 1.34 bits per heavy atom. The molecule has 4 aliphatic rings. The van der Waals surface area contributed by atoms with Crippen LogP contribution in [0, 0.1) is 22.7 Å². The second-order valence-electron chi connectivity index (χ2n) is 14.6. The Morgan fingerprint density at radius 3 is 1.86 bits per heavy atom. The fourth-order valence-electron chi connectivity index (χ4n) is 9.24. The zero-order valence-corrected chi connectivity index (χ0v) is 29.9. The van der Waals surface area contributed by atoms with Gasteiger partial charge in [-0.05, 0) is 42.0 Å². The van der Waals surface area contributed by atoms with Gasteiger partial charge in [0.15, 0.2) is 17.8 Å². The molecule has 13 heteroatoms. The first-order valence-electron chi connectivity index (χ1n) is 16.8. The van der Waals surface area contributed by atoms with Crippen molar-refractivity contribution in [2.75, 3.05) is 6.61 Å². The Labute approximate surface area is 291 Å². The van der Waals surface area contributed by atoms with E-state index in [4.69, 9.17) is 33.2 Å². The molecular weight excluding hydrogens is 652 g/mol. The van der Waals surface area contributed by atoms with Crippen molar-refractivity contribution in [3.05, 3.63) is 47.0 Å². The van der Waals surface area contributed by atoms with Crippen LogP contribution in [0.5, 0.6) is 0 Å². The summed E-state index contributed by atoms with van der Waals surface area (Å²) < 4.78 is 43.1. The van der Waals surface area contributed by atoms with Crippen molar-refractivity contribution in [3.8, 4) is 0 Å². The molecule has 5 rings (SSSR count). The minimum absolute atomic E-state index is 0.0198. The van der Waals surface area contributed by atoms with E-state index < -0.39 is 101 Å². The van der Waals surface area contributed by atoms with E-state index in [1.807, 2.05) is 13.8 Å². The van der Waals surface area contributed by atoms with Crippen molar-refractivity contribution in [1.29, 1.82) is 0 Å². The third kappa shape index (κ3) is 6.29. The molecule has 1 aromatic carbocycles. The van der Waals surface area contributed by atoms with E-state index in [-0.39, 0.29) is 25.0 Å². The highest BCUT2D eigenvalue weighted by Crippen LogP contribution is 2.65. The van der Waals surface area contributed by atoms with E-state index in [1.165, 1.54) is 34.6 Å². The maximum atomic E-state index is 14.1. The summed E-state index contributed by atoms with van der Waals surface area (Å²) in [6.07, 6.45) is -6.43. The molecule has 272 valence electrons. The molecular formula is C37H46O13. The Kier molecular flexibility index (Phi) is 9.96. The van der Waals surface area contributed by atoms with Crippen molar-refractivity contribution in [3.63, 3.8) is 0 Å². The fourth-order valence-corrected chi connectivity index (χ4v) is 9.24. The van der Waals surface area contributed by atoms with Gasteiger partial charge in [0.2, 0.25) is 0 Å². The van der Waals surface area contributed by atoms with Gasteiger partial charge >= 0.3 is 35.8 Å². The molecule has 3 fully saturated rings. The molecule has 3 aliphatic carbocycles. The lowest BCUT2D eigenvalue weighted by atomic mass is 9.45. The molecule has 2 saturated carbocycles. The molecule has 1 aliphatic heterocycles. The van der Waals surface area contributed by atoms with Gasteiger partial charge in [-0.15, -0.1) is 0 Å². The summed E-state index contributed by atoms with van der Waals surface area (Å²) in [6, 6.07) is 8.35. The van der Waals surface area contributed by atoms with E-state index >= 15 is 0 Å². The van der Waals surface area contributed by atoms with Gasteiger partial charge in [0, 0.05) is 47.0 Å². The second kappa shape index (κ2) is 13.5. The van der Waals surface area contributed by atoms with Crippen molar-refractivity contribution >= 4 is 35.8 Å². The predicted molar refractivity (Wildman–Crippen MR) is 173 cm³/mol. The van der Waals surface area contributed by atoms with Crippen molar-refractivity contribution in [2.24, 2.45) is 22.7 Å². The highest BCUT2D eigenvalue weighted by Gasteiger charge is 2.77. The van der Waals surface area contributed by atoms with Gasteiger partial charge in [-0.25, -0.2) is 4.79 Å². The third-order valence-electron chi connectivity index (χ3n) is 11.1. The molecule has 0 radical (unpaired) electrons. The summed E-state index contributed by atoms with van der Waals surface area (Å²) >= 11 is 0. The van der Waals surface area contributed by atoms with Crippen LogP contribution in [0.1, 0.15) is 85.5 Å². The number of carbonyl (C=O) groups excluding carboxylic acids is 6. The van der Waals surface area contributed by atoms with Gasteiger partial charge < -0.3 is 33.2 Å². The van der Waals surface area contributed by atoms with Crippen LogP contribution in [0.25, 0.3) is 0 Å². The Hall–Kier alpha value is -4.26. The van der Waals surface area contributed by atoms with Crippen LogP contribution in [0.4, 0.5) is 0 Å². The summed E-state index contributed by atoms with van der Waals surface area (Å²) in [6.45, 7) is 13.3. The lowest BCUT2D eigenvalue weighted by Gasteiger charge is -2.68. The lowest BCUT2D eigenvalue weighted by molar-refractivity contribution is -0.355. The van der Waals surface area contributed by atoms with Crippen molar-refractivity contribution < 1.29 is 61.9 Å². The summed E-state index contributed by atoms with van der Waals surface area (Å²) in [4.78, 5) is 78.5. The van der Waals surface area contributed by atoms with Crippen LogP contribution in [-0.4, -0.2) is 84.6 Å². The SMILES string of the molecule is CC(=O)O[C@H]1C[C@H]2[C@@H](OC(=O)c3ccccc3)[C@@H]3[C@]4(OC(C)=O)CO[C@H]4C[C@H](OC(C)=O)[C@]3(C)[C@@H](OC(C)=O)[C@H](OC(C)=O)C(=C1C)C2(C)C. The monoisotopic (exact) mass is 698 g/mol. The topological polar surface area (TPSA) is 167 Å². The number of rotatable bonds is 7. The first-order valence-corrected chi connectivity index (χ1v) is 16.8. The molecule has 0 spiro atoms.